The average molecular weight is 435 g/mol. The quantitative estimate of drug-likeness (QED) is 0.346. The molecule has 9 heteroatoms. The molecule has 0 aromatic carbocycles. The Kier molecular flexibility index (Phi) is 4.52. The Balaban J connectivity index is 1.62. The summed E-state index contributed by atoms with van der Waals surface area (Å²) in [6, 6.07) is 0. The number of hydrogen-bond acceptors (Lipinski definition) is 9. The van der Waals surface area contributed by atoms with Crippen LogP contribution in [-0.4, -0.2) is 85.5 Å². The van der Waals surface area contributed by atoms with Gasteiger partial charge in [0.15, 0.2) is 11.4 Å². The predicted molar refractivity (Wildman–Crippen MR) is 105 cm³/mol. The Bertz CT molecular complexity index is 668. The summed E-state index contributed by atoms with van der Waals surface area (Å²) in [5.41, 5.74) is -1.75. The van der Waals surface area contributed by atoms with Gasteiger partial charge in [0.25, 0.3) is 0 Å². The van der Waals surface area contributed by atoms with E-state index in [1.807, 2.05) is 6.92 Å². The maximum absolute atomic E-state index is 11.3. The molecule has 0 radical (unpaired) electrons. The lowest BCUT2D eigenvalue weighted by molar-refractivity contribution is -0.354. The zero-order valence-corrected chi connectivity index (χ0v) is 17.9. The number of ether oxygens (including phenoxy) is 2. The van der Waals surface area contributed by atoms with E-state index in [1.54, 1.807) is 23.5 Å². The highest BCUT2D eigenvalue weighted by Crippen LogP contribution is 2.90. The molecular weight excluding hydrogens is 404 g/mol. The lowest BCUT2D eigenvalue weighted by atomic mass is 9.56. The van der Waals surface area contributed by atoms with E-state index in [1.165, 1.54) is 0 Å². The van der Waals surface area contributed by atoms with Gasteiger partial charge in [-0.15, -0.1) is 11.8 Å². The minimum absolute atomic E-state index is 0.0105. The lowest BCUT2D eigenvalue weighted by Gasteiger charge is -2.57. The fraction of sp³-hybridized carbons (Fsp3) is 1.00. The second kappa shape index (κ2) is 6.23. The standard InChI is InChI=1S/C19H30O7S2/c1-11-13(27-7-5-20)14-16(9-17(11,22)24-10-16)15(2)18(28-8-6-21)4-3-12(25-14)19(15,18)26-23/h11-14,20-23H,3-10H2,1-2H3/t11?,12-,13?,14-,15+,16-,17+,18?,19+/m1/s1. The summed E-state index contributed by atoms with van der Waals surface area (Å²) in [5, 5.41) is 40.3. The van der Waals surface area contributed by atoms with Crippen LogP contribution in [0.15, 0.2) is 0 Å². The number of hydrogen-bond donors (Lipinski definition) is 4. The van der Waals surface area contributed by atoms with E-state index in [2.05, 4.69) is 6.92 Å². The molecule has 3 unspecified atom stereocenters. The van der Waals surface area contributed by atoms with Gasteiger partial charge in [0.05, 0.1) is 36.8 Å². The third-order valence-corrected chi connectivity index (χ3v) is 12.0. The molecule has 0 aromatic rings. The van der Waals surface area contributed by atoms with Crippen LogP contribution in [0.2, 0.25) is 0 Å². The van der Waals surface area contributed by atoms with E-state index in [0.29, 0.717) is 24.5 Å². The zero-order valence-electron chi connectivity index (χ0n) is 16.3. The van der Waals surface area contributed by atoms with E-state index in [4.69, 9.17) is 14.4 Å². The Morgan fingerprint density at radius 1 is 1.21 bits per heavy atom. The molecule has 5 aliphatic rings. The highest BCUT2D eigenvalue weighted by atomic mass is 32.2. The fourth-order valence-electron chi connectivity index (χ4n) is 7.54. The molecule has 2 heterocycles. The first kappa shape index (κ1) is 20.3. The number of thioether (sulfide) groups is 2. The Morgan fingerprint density at radius 2 is 1.96 bits per heavy atom. The molecule has 2 bridgehead atoms. The molecule has 3 aliphatic carbocycles. The van der Waals surface area contributed by atoms with Crippen molar-refractivity contribution < 1.29 is 34.9 Å². The fourth-order valence-corrected chi connectivity index (χ4v) is 10.8. The van der Waals surface area contributed by atoms with E-state index < -0.39 is 22.2 Å². The normalized spacial score (nSPS) is 58.5. The summed E-state index contributed by atoms with van der Waals surface area (Å²) < 4.78 is 12.4. The van der Waals surface area contributed by atoms with E-state index >= 15 is 0 Å². The van der Waals surface area contributed by atoms with Crippen molar-refractivity contribution in [3.63, 3.8) is 0 Å². The van der Waals surface area contributed by atoms with Crippen molar-refractivity contribution in [2.75, 3.05) is 31.3 Å². The van der Waals surface area contributed by atoms with Crippen molar-refractivity contribution in [1.29, 1.82) is 0 Å². The molecule has 2 aliphatic heterocycles. The SMILES string of the molecule is CC1C(SCCO)[C@H]2O[C@@H]3CCC4(SCCO)[C@](C)([C@]25CO[C@@]1(O)C5)[C@@]34OO. The number of fused-ring (bicyclic) bond motifs is 2. The van der Waals surface area contributed by atoms with E-state index in [0.717, 1.165) is 12.8 Å². The van der Waals surface area contributed by atoms with Gasteiger partial charge in [-0.3, -0.25) is 5.26 Å². The second-order valence-electron chi connectivity index (χ2n) is 9.25. The van der Waals surface area contributed by atoms with Gasteiger partial charge in [0, 0.05) is 39.9 Å². The third-order valence-electron chi connectivity index (χ3n) is 8.79. The van der Waals surface area contributed by atoms with Crippen LogP contribution in [0.25, 0.3) is 0 Å². The van der Waals surface area contributed by atoms with Gasteiger partial charge in [0.1, 0.15) is 0 Å². The first-order chi connectivity index (χ1) is 13.3. The van der Waals surface area contributed by atoms with Gasteiger partial charge in [-0.25, -0.2) is 4.89 Å². The summed E-state index contributed by atoms with van der Waals surface area (Å²) in [5.74, 6) is -0.222. The Morgan fingerprint density at radius 3 is 2.64 bits per heavy atom. The van der Waals surface area contributed by atoms with Crippen molar-refractivity contribution in [2.24, 2.45) is 16.7 Å². The van der Waals surface area contributed by atoms with Gasteiger partial charge >= 0.3 is 0 Å². The van der Waals surface area contributed by atoms with Crippen molar-refractivity contribution in [3.05, 3.63) is 0 Å². The summed E-state index contributed by atoms with van der Waals surface area (Å²) in [6.45, 7) is 4.67. The van der Waals surface area contributed by atoms with Crippen molar-refractivity contribution >= 4 is 23.5 Å². The van der Waals surface area contributed by atoms with Crippen LogP contribution >= 0.6 is 23.5 Å². The second-order valence-corrected chi connectivity index (χ2v) is 11.9. The number of aliphatic hydroxyl groups excluding tert-OH is 2. The molecule has 5 fully saturated rings. The van der Waals surface area contributed by atoms with E-state index in [9.17, 15) is 20.6 Å². The van der Waals surface area contributed by atoms with Crippen molar-refractivity contribution in [2.45, 2.75) is 66.7 Å². The summed E-state index contributed by atoms with van der Waals surface area (Å²) >= 11 is 3.30. The molecule has 0 aromatic heterocycles. The van der Waals surface area contributed by atoms with Crippen LogP contribution in [0.4, 0.5) is 0 Å². The predicted octanol–water partition coefficient (Wildman–Crippen LogP) is 1.10. The molecular formula is C19H30O7S2. The largest absolute Gasteiger partial charge is 0.396 e. The first-order valence-electron chi connectivity index (χ1n) is 10.2. The molecule has 160 valence electrons. The van der Waals surface area contributed by atoms with Crippen LogP contribution in [-0.2, 0) is 14.4 Å². The minimum Gasteiger partial charge on any atom is -0.396 e. The van der Waals surface area contributed by atoms with Crippen LogP contribution in [0, 0.1) is 16.7 Å². The van der Waals surface area contributed by atoms with Gasteiger partial charge in [-0.1, -0.05) is 13.8 Å². The molecule has 1 spiro atoms. The summed E-state index contributed by atoms with van der Waals surface area (Å²) in [4.78, 5) is 5.30. The van der Waals surface area contributed by atoms with E-state index in [-0.39, 0.29) is 41.3 Å². The van der Waals surface area contributed by atoms with Gasteiger partial charge in [-0.2, -0.15) is 11.8 Å². The van der Waals surface area contributed by atoms with Crippen LogP contribution in [0.1, 0.15) is 33.1 Å². The summed E-state index contributed by atoms with van der Waals surface area (Å²) in [6.07, 6.45) is 1.74. The number of rotatable bonds is 7. The minimum atomic E-state index is -1.24. The Hall–Kier alpha value is 0.420. The molecule has 7 nitrogen and oxygen atoms in total. The lowest BCUT2D eigenvalue weighted by Crippen LogP contribution is -2.66. The highest BCUT2D eigenvalue weighted by molar-refractivity contribution is 8.01. The average Bonchev–Trinajstić information content (AvgIpc) is 2.95. The molecule has 28 heavy (non-hydrogen) atoms. The van der Waals surface area contributed by atoms with Crippen LogP contribution in [0.3, 0.4) is 0 Å². The van der Waals surface area contributed by atoms with Gasteiger partial charge < -0.3 is 24.8 Å². The van der Waals surface area contributed by atoms with Crippen LogP contribution < -0.4 is 0 Å². The molecule has 9 atom stereocenters. The van der Waals surface area contributed by atoms with Crippen molar-refractivity contribution in [3.8, 4) is 0 Å². The molecule has 0 amide bonds. The third kappa shape index (κ3) is 1.88. The smallest absolute Gasteiger partial charge is 0.169 e. The Labute approximate surface area is 173 Å². The molecule has 2 saturated heterocycles. The highest BCUT2D eigenvalue weighted by Gasteiger charge is 3.00. The molecule has 3 saturated carbocycles. The molecule has 4 N–H and O–H groups in total. The zero-order chi connectivity index (χ0) is 20.0. The number of aliphatic hydroxyl groups is 3. The molecule has 5 rings (SSSR count). The summed E-state index contributed by atoms with van der Waals surface area (Å²) in [7, 11) is 0. The maximum Gasteiger partial charge on any atom is 0.169 e. The maximum atomic E-state index is 11.3. The monoisotopic (exact) mass is 434 g/mol. The van der Waals surface area contributed by atoms with Crippen LogP contribution in [0.5, 0.6) is 0 Å². The van der Waals surface area contributed by atoms with Crippen molar-refractivity contribution in [1.82, 2.24) is 0 Å². The topological polar surface area (TPSA) is 109 Å². The first-order valence-corrected chi connectivity index (χ1v) is 12.2. The van der Waals surface area contributed by atoms with Gasteiger partial charge in [-0.05, 0) is 12.8 Å². The van der Waals surface area contributed by atoms with Gasteiger partial charge in [0.2, 0.25) is 0 Å².